The Labute approximate surface area is 83.3 Å². The summed E-state index contributed by atoms with van der Waals surface area (Å²) in [4.78, 5) is 13.1. The zero-order chi connectivity index (χ0) is 10.1. The lowest BCUT2D eigenvalue weighted by Gasteiger charge is -2.17. The molecule has 2 atom stereocenters. The third kappa shape index (κ3) is 1.40. The highest BCUT2D eigenvalue weighted by atomic mass is 16.5. The van der Waals surface area contributed by atoms with Crippen LogP contribution < -0.4 is 0 Å². The maximum absolute atomic E-state index is 11.5. The van der Waals surface area contributed by atoms with E-state index in [4.69, 9.17) is 4.74 Å². The molecule has 0 spiro atoms. The molecule has 1 fully saturated rings. The zero-order valence-electron chi connectivity index (χ0n) is 8.31. The molecule has 1 aromatic rings. The van der Waals surface area contributed by atoms with Crippen LogP contribution in [0.3, 0.4) is 0 Å². The second kappa shape index (κ2) is 3.42. The molecule has 1 heterocycles. The van der Waals surface area contributed by atoms with Gasteiger partial charge in [0.2, 0.25) is 0 Å². The summed E-state index contributed by atoms with van der Waals surface area (Å²) in [5.74, 6) is 0.0406. The molecule has 0 radical (unpaired) electrons. The number of rotatable bonds is 1. The summed E-state index contributed by atoms with van der Waals surface area (Å²) in [7, 11) is 1.77. The number of benzene rings is 1. The van der Waals surface area contributed by atoms with Gasteiger partial charge in [-0.25, -0.2) is 0 Å². The second-order valence-electron chi connectivity index (χ2n) is 3.49. The molecule has 0 saturated carbocycles. The minimum Gasteiger partial charge on any atom is -0.341 e. The van der Waals surface area contributed by atoms with Gasteiger partial charge in [0.25, 0.3) is 5.91 Å². The molecular formula is C11H13NO2. The highest BCUT2D eigenvalue weighted by Crippen LogP contribution is 2.28. The quantitative estimate of drug-likeness (QED) is 0.674. The van der Waals surface area contributed by atoms with Crippen LogP contribution in [0.1, 0.15) is 18.7 Å². The molecule has 1 amide bonds. The van der Waals surface area contributed by atoms with Gasteiger partial charge < -0.3 is 9.64 Å². The Morgan fingerprint density at radius 2 is 1.93 bits per heavy atom. The van der Waals surface area contributed by atoms with E-state index in [1.54, 1.807) is 18.9 Å². The van der Waals surface area contributed by atoms with Crippen molar-refractivity contribution in [2.45, 2.75) is 19.3 Å². The number of likely N-dealkylation sites (N-methyl/N-ethyl adjacent to an activating group) is 1. The standard InChI is InChI=1S/C11H13NO2/c1-8-10(13)12(2)11(14-8)9-6-4-3-5-7-9/h3-8,11H,1-2H3/t8-,11+/m1/s1. The van der Waals surface area contributed by atoms with Gasteiger partial charge in [0.15, 0.2) is 6.23 Å². The summed E-state index contributed by atoms with van der Waals surface area (Å²) >= 11 is 0. The molecular weight excluding hydrogens is 178 g/mol. The molecule has 0 N–H and O–H groups in total. The van der Waals surface area contributed by atoms with Crippen LogP contribution >= 0.6 is 0 Å². The van der Waals surface area contributed by atoms with Gasteiger partial charge in [-0.05, 0) is 6.92 Å². The number of hydrogen-bond acceptors (Lipinski definition) is 2. The Morgan fingerprint density at radius 1 is 1.29 bits per heavy atom. The average Bonchev–Trinajstić information content (AvgIpc) is 2.47. The zero-order valence-corrected chi connectivity index (χ0v) is 8.31. The Hall–Kier alpha value is -1.35. The van der Waals surface area contributed by atoms with Gasteiger partial charge >= 0.3 is 0 Å². The Balaban J connectivity index is 2.26. The maximum Gasteiger partial charge on any atom is 0.253 e. The van der Waals surface area contributed by atoms with Crippen molar-refractivity contribution < 1.29 is 9.53 Å². The first-order valence-electron chi connectivity index (χ1n) is 4.67. The van der Waals surface area contributed by atoms with E-state index < -0.39 is 0 Å². The van der Waals surface area contributed by atoms with Gasteiger partial charge in [-0.3, -0.25) is 4.79 Å². The van der Waals surface area contributed by atoms with Crippen molar-refractivity contribution in [3.8, 4) is 0 Å². The van der Waals surface area contributed by atoms with Crippen LogP contribution in [0.15, 0.2) is 30.3 Å². The Kier molecular flexibility index (Phi) is 2.25. The van der Waals surface area contributed by atoms with E-state index in [-0.39, 0.29) is 18.2 Å². The van der Waals surface area contributed by atoms with Crippen molar-refractivity contribution >= 4 is 5.91 Å². The van der Waals surface area contributed by atoms with E-state index in [1.165, 1.54) is 0 Å². The Morgan fingerprint density at radius 3 is 2.43 bits per heavy atom. The lowest BCUT2D eigenvalue weighted by molar-refractivity contribution is -0.128. The summed E-state index contributed by atoms with van der Waals surface area (Å²) in [6.07, 6.45) is -0.552. The molecule has 2 rings (SSSR count). The molecule has 0 aliphatic carbocycles. The molecule has 3 heteroatoms. The van der Waals surface area contributed by atoms with Gasteiger partial charge in [0.1, 0.15) is 6.10 Å². The predicted octanol–water partition coefficient (Wildman–Crippen LogP) is 1.56. The molecule has 0 bridgehead atoms. The first kappa shape index (κ1) is 9.21. The number of amides is 1. The topological polar surface area (TPSA) is 29.5 Å². The molecule has 0 aromatic heterocycles. The monoisotopic (exact) mass is 191 g/mol. The molecule has 14 heavy (non-hydrogen) atoms. The fourth-order valence-corrected chi connectivity index (χ4v) is 1.67. The smallest absolute Gasteiger partial charge is 0.253 e. The van der Waals surface area contributed by atoms with Crippen LogP contribution in [0.25, 0.3) is 0 Å². The molecule has 1 aliphatic heterocycles. The third-order valence-electron chi connectivity index (χ3n) is 2.46. The highest BCUT2D eigenvalue weighted by Gasteiger charge is 2.35. The summed E-state index contributed by atoms with van der Waals surface area (Å²) in [6, 6.07) is 9.77. The summed E-state index contributed by atoms with van der Waals surface area (Å²) in [6.45, 7) is 1.78. The van der Waals surface area contributed by atoms with E-state index in [0.717, 1.165) is 5.56 Å². The van der Waals surface area contributed by atoms with Gasteiger partial charge in [0, 0.05) is 12.6 Å². The van der Waals surface area contributed by atoms with Crippen molar-refractivity contribution in [2.24, 2.45) is 0 Å². The van der Waals surface area contributed by atoms with Crippen LogP contribution in [0.4, 0.5) is 0 Å². The van der Waals surface area contributed by atoms with E-state index in [9.17, 15) is 4.79 Å². The summed E-state index contributed by atoms with van der Waals surface area (Å²) in [5, 5.41) is 0. The minimum atomic E-state index is -0.329. The van der Waals surface area contributed by atoms with Gasteiger partial charge in [-0.2, -0.15) is 0 Å². The fraction of sp³-hybridized carbons (Fsp3) is 0.364. The maximum atomic E-state index is 11.5. The first-order chi connectivity index (χ1) is 6.70. The summed E-state index contributed by atoms with van der Waals surface area (Å²) in [5.41, 5.74) is 1.02. The van der Waals surface area contributed by atoms with Crippen molar-refractivity contribution in [1.82, 2.24) is 4.90 Å². The number of carbonyl (C=O) groups excluding carboxylic acids is 1. The molecule has 0 unspecified atom stereocenters. The van der Waals surface area contributed by atoms with Crippen LogP contribution in [0.5, 0.6) is 0 Å². The molecule has 3 nitrogen and oxygen atoms in total. The van der Waals surface area contributed by atoms with E-state index in [1.807, 2.05) is 30.3 Å². The average molecular weight is 191 g/mol. The van der Waals surface area contributed by atoms with Crippen molar-refractivity contribution in [3.05, 3.63) is 35.9 Å². The van der Waals surface area contributed by atoms with Crippen LogP contribution in [0.2, 0.25) is 0 Å². The van der Waals surface area contributed by atoms with Crippen LogP contribution in [-0.4, -0.2) is 24.0 Å². The SMILES string of the molecule is C[C@H]1O[C@@H](c2ccccc2)N(C)C1=O. The molecule has 74 valence electrons. The number of carbonyl (C=O) groups is 1. The van der Waals surface area contributed by atoms with Crippen molar-refractivity contribution in [1.29, 1.82) is 0 Å². The fourth-order valence-electron chi connectivity index (χ4n) is 1.67. The highest BCUT2D eigenvalue weighted by molar-refractivity contribution is 5.82. The predicted molar refractivity (Wildman–Crippen MR) is 52.5 cm³/mol. The van der Waals surface area contributed by atoms with Gasteiger partial charge in [-0.15, -0.1) is 0 Å². The molecule has 1 aliphatic rings. The third-order valence-corrected chi connectivity index (χ3v) is 2.46. The number of ether oxygens (including phenoxy) is 1. The van der Waals surface area contributed by atoms with Crippen molar-refractivity contribution in [3.63, 3.8) is 0 Å². The molecule has 1 saturated heterocycles. The minimum absolute atomic E-state index is 0.0406. The largest absolute Gasteiger partial charge is 0.341 e. The van der Waals surface area contributed by atoms with Crippen molar-refractivity contribution in [2.75, 3.05) is 7.05 Å². The number of nitrogens with zero attached hydrogens (tertiary/aromatic N) is 1. The van der Waals surface area contributed by atoms with Crippen LogP contribution in [-0.2, 0) is 9.53 Å². The van der Waals surface area contributed by atoms with Crippen LogP contribution in [0, 0.1) is 0 Å². The van der Waals surface area contributed by atoms with E-state index >= 15 is 0 Å². The number of hydrogen-bond donors (Lipinski definition) is 0. The Bertz CT molecular complexity index is 336. The summed E-state index contributed by atoms with van der Waals surface area (Å²) < 4.78 is 5.55. The first-order valence-corrected chi connectivity index (χ1v) is 4.67. The lowest BCUT2D eigenvalue weighted by Crippen LogP contribution is -2.25. The molecule has 1 aromatic carbocycles. The van der Waals surface area contributed by atoms with Gasteiger partial charge in [0.05, 0.1) is 0 Å². The van der Waals surface area contributed by atoms with E-state index in [0.29, 0.717) is 0 Å². The second-order valence-corrected chi connectivity index (χ2v) is 3.49. The lowest BCUT2D eigenvalue weighted by atomic mass is 10.2. The van der Waals surface area contributed by atoms with Gasteiger partial charge in [-0.1, -0.05) is 30.3 Å². The van der Waals surface area contributed by atoms with E-state index in [2.05, 4.69) is 0 Å². The normalized spacial score (nSPS) is 27.0.